The number of aromatic nitrogens is 3. The third kappa shape index (κ3) is 5.08. The van der Waals surface area contributed by atoms with E-state index in [9.17, 15) is 9.18 Å². The normalized spacial score (nSPS) is 10.8. The van der Waals surface area contributed by atoms with Crippen LogP contribution in [0.3, 0.4) is 0 Å². The van der Waals surface area contributed by atoms with E-state index in [-0.39, 0.29) is 24.0 Å². The highest BCUT2D eigenvalue weighted by molar-refractivity contribution is 7.99. The molecule has 0 saturated heterocycles. The van der Waals surface area contributed by atoms with Crippen LogP contribution in [0.5, 0.6) is 5.75 Å². The van der Waals surface area contributed by atoms with Gasteiger partial charge in [-0.1, -0.05) is 23.4 Å². The van der Waals surface area contributed by atoms with Crippen molar-refractivity contribution in [2.75, 3.05) is 5.75 Å². The summed E-state index contributed by atoms with van der Waals surface area (Å²) in [6.07, 6.45) is 0. The Labute approximate surface area is 165 Å². The molecule has 0 radical (unpaired) electrons. The largest absolute Gasteiger partial charge is 0.486 e. The number of Topliss-reactive ketones (excluding diaryl/α,β-unsaturated/α-hetero) is 1. The average Bonchev–Trinajstić information content (AvgIpc) is 3.08. The Morgan fingerprint density at radius 2 is 1.85 bits per heavy atom. The molecule has 1 heterocycles. The maximum atomic E-state index is 13.0. The first-order valence-electron chi connectivity index (χ1n) is 8.29. The number of ketones is 1. The Kier molecular flexibility index (Phi) is 6.47. The van der Waals surface area contributed by atoms with E-state index in [1.54, 1.807) is 24.3 Å². The number of nitrogens with zero attached hydrogens (tertiary/aromatic N) is 3. The molecule has 0 amide bonds. The van der Waals surface area contributed by atoms with Gasteiger partial charge < -0.3 is 9.30 Å². The van der Waals surface area contributed by atoms with Gasteiger partial charge in [0.05, 0.1) is 5.75 Å². The lowest BCUT2D eigenvalue weighted by Gasteiger charge is -2.09. The Morgan fingerprint density at radius 1 is 1.15 bits per heavy atom. The Bertz CT molecular complexity index is 914. The van der Waals surface area contributed by atoms with Gasteiger partial charge in [0.1, 0.15) is 18.2 Å². The molecule has 0 bridgehead atoms. The zero-order valence-corrected chi connectivity index (χ0v) is 16.1. The molecule has 0 fully saturated rings. The van der Waals surface area contributed by atoms with Crippen LogP contribution in [0.15, 0.2) is 53.7 Å². The fraction of sp³-hybridized carbons (Fsp3) is 0.211. The predicted molar refractivity (Wildman–Crippen MR) is 103 cm³/mol. The molecular weight excluding hydrogens is 389 g/mol. The minimum atomic E-state index is -0.366. The summed E-state index contributed by atoms with van der Waals surface area (Å²) in [7, 11) is 0. The fourth-order valence-electron chi connectivity index (χ4n) is 2.38. The molecule has 0 spiro atoms. The van der Waals surface area contributed by atoms with E-state index in [4.69, 9.17) is 16.3 Å². The molecule has 0 aliphatic rings. The van der Waals surface area contributed by atoms with Crippen LogP contribution in [0.4, 0.5) is 4.39 Å². The van der Waals surface area contributed by atoms with Crippen LogP contribution >= 0.6 is 23.4 Å². The lowest BCUT2D eigenvalue weighted by Crippen LogP contribution is -2.08. The summed E-state index contributed by atoms with van der Waals surface area (Å²) in [5.74, 6) is 1.09. The molecule has 0 saturated carbocycles. The molecule has 0 unspecified atom stereocenters. The number of halogens is 2. The first-order chi connectivity index (χ1) is 13.1. The summed E-state index contributed by atoms with van der Waals surface area (Å²) >= 11 is 7.16. The van der Waals surface area contributed by atoms with Crippen LogP contribution in [-0.4, -0.2) is 26.3 Å². The van der Waals surface area contributed by atoms with E-state index in [1.807, 2.05) is 11.5 Å². The summed E-state index contributed by atoms with van der Waals surface area (Å²) in [5, 5.41) is 9.60. The van der Waals surface area contributed by atoms with Crippen molar-refractivity contribution < 1.29 is 13.9 Å². The van der Waals surface area contributed by atoms with Gasteiger partial charge in [0, 0.05) is 17.1 Å². The monoisotopic (exact) mass is 405 g/mol. The van der Waals surface area contributed by atoms with Crippen LogP contribution in [0.1, 0.15) is 23.1 Å². The second-order valence-electron chi connectivity index (χ2n) is 5.60. The van der Waals surface area contributed by atoms with Crippen molar-refractivity contribution >= 4 is 29.1 Å². The van der Waals surface area contributed by atoms with Crippen LogP contribution < -0.4 is 4.74 Å². The van der Waals surface area contributed by atoms with E-state index in [2.05, 4.69) is 10.2 Å². The van der Waals surface area contributed by atoms with E-state index in [1.165, 1.54) is 36.0 Å². The van der Waals surface area contributed by atoms with Crippen molar-refractivity contribution in [3.63, 3.8) is 0 Å². The Hall–Kier alpha value is -2.38. The topological polar surface area (TPSA) is 57.0 Å². The number of ether oxygens (including phenoxy) is 1. The molecule has 0 atom stereocenters. The van der Waals surface area contributed by atoms with Gasteiger partial charge in [0.2, 0.25) is 0 Å². The van der Waals surface area contributed by atoms with Gasteiger partial charge in [-0.3, -0.25) is 4.79 Å². The third-order valence-electron chi connectivity index (χ3n) is 3.79. The third-order valence-corrected chi connectivity index (χ3v) is 5.01. The minimum Gasteiger partial charge on any atom is -0.486 e. The standard InChI is InChI=1S/C19H17ClFN3O2S/c1-2-24-18(11-26-16-9-5-14(20)6-10-16)22-23-19(24)27-12-17(25)13-3-7-15(21)8-4-13/h3-10H,2,11-12H2,1H3. The zero-order chi connectivity index (χ0) is 19.2. The number of rotatable bonds is 8. The highest BCUT2D eigenvalue weighted by atomic mass is 35.5. The summed E-state index contributed by atoms with van der Waals surface area (Å²) in [6.45, 7) is 2.88. The molecule has 3 aromatic rings. The SMILES string of the molecule is CCn1c(COc2ccc(Cl)cc2)nnc1SCC(=O)c1ccc(F)cc1. The maximum Gasteiger partial charge on any atom is 0.191 e. The van der Waals surface area contributed by atoms with Gasteiger partial charge in [-0.2, -0.15) is 0 Å². The van der Waals surface area contributed by atoms with Crippen LogP contribution in [-0.2, 0) is 13.2 Å². The van der Waals surface area contributed by atoms with Crippen LogP contribution in [0.2, 0.25) is 5.02 Å². The lowest BCUT2D eigenvalue weighted by atomic mass is 10.1. The molecule has 0 N–H and O–H groups in total. The number of carbonyl (C=O) groups is 1. The molecule has 27 heavy (non-hydrogen) atoms. The molecule has 5 nitrogen and oxygen atoms in total. The van der Waals surface area contributed by atoms with Crippen LogP contribution in [0.25, 0.3) is 0 Å². The van der Waals surface area contributed by atoms with Gasteiger partial charge in [-0.05, 0) is 55.5 Å². The quantitative estimate of drug-likeness (QED) is 0.403. The number of benzene rings is 2. The number of hydrogen-bond donors (Lipinski definition) is 0. The summed E-state index contributed by atoms with van der Waals surface area (Å²) in [5.41, 5.74) is 0.470. The fourth-order valence-corrected chi connectivity index (χ4v) is 3.42. The zero-order valence-electron chi connectivity index (χ0n) is 14.6. The van der Waals surface area contributed by atoms with Gasteiger partial charge in [0.25, 0.3) is 0 Å². The number of thioether (sulfide) groups is 1. The molecule has 0 aliphatic heterocycles. The van der Waals surface area contributed by atoms with Crippen molar-refractivity contribution in [3.8, 4) is 5.75 Å². The van der Waals surface area contributed by atoms with Gasteiger partial charge in [-0.25, -0.2) is 4.39 Å². The number of carbonyl (C=O) groups excluding carboxylic acids is 1. The van der Waals surface area contributed by atoms with Crippen molar-refractivity contribution in [3.05, 3.63) is 70.8 Å². The Morgan fingerprint density at radius 3 is 2.52 bits per heavy atom. The molecule has 1 aromatic heterocycles. The van der Waals surface area contributed by atoms with Gasteiger partial charge in [-0.15, -0.1) is 10.2 Å². The molecule has 8 heteroatoms. The second kappa shape index (κ2) is 9.01. The average molecular weight is 406 g/mol. The van der Waals surface area contributed by atoms with Crippen molar-refractivity contribution in [1.29, 1.82) is 0 Å². The van der Waals surface area contributed by atoms with E-state index < -0.39 is 0 Å². The van der Waals surface area contributed by atoms with Crippen LogP contribution in [0, 0.1) is 5.82 Å². The predicted octanol–water partition coefficient (Wildman–Crippen LogP) is 4.64. The number of hydrogen-bond acceptors (Lipinski definition) is 5. The van der Waals surface area contributed by atoms with Gasteiger partial charge >= 0.3 is 0 Å². The van der Waals surface area contributed by atoms with Crippen molar-refractivity contribution in [2.24, 2.45) is 0 Å². The highest BCUT2D eigenvalue weighted by Crippen LogP contribution is 2.21. The summed E-state index contributed by atoms with van der Waals surface area (Å²) in [6, 6.07) is 12.6. The summed E-state index contributed by atoms with van der Waals surface area (Å²) in [4.78, 5) is 12.2. The molecule has 2 aromatic carbocycles. The molecule has 0 aliphatic carbocycles. The maximum absolute atomic E-state index is 13.0. The lowest BCUT2D eigenvalue weighted by molar-refractivity contribution is 0.102. The molecule has 3 rings (SSSR count). The van der Waals surface area contributed by atoms with Gasteiger partial charge in [0.15, 0.2) is 16.8 Å². The van der Waals surface area contributed by atoms with E-state index in [0.717, 1.165) is 0 Å². The van der Waals surface area contributed by atoms with Crippen molar-refractivity contribution in [2.45, 2.75) is 25.2 Å². The van der Waals surface area contributed by atoms with Crippen molar-refractivity contribution in [1.82, 2.24) is 14.8 Å². The molecule has 140 valence electrons. The van der Waals surface area contributed by atoms with E-state index in [0.29, 0.717) is 33.9 Å². The Balaban J connectivity index is 1.62. The first kappa shape index (κ1) is 19.4. The minimum absolute atomic E-state index is 0.0929. The smallest absolute Gasteiger partial charge is 0.191 e. The first-order valence-corrected chi connectivity index (χ1v) is 9.65. The summed E-state index contributed by atoms with van der Waals surface area (Å²) < 4.78 is 20.6. The second-order valence-corrected chi connectivity index (χ2v) is 6.98. The van der Waals surface area contributed by atoms with E-state index >= 15 is 0 Å². The highest BCUT2D eigenvalue weighted by Gasteiger charge is 2.14. The molecular formula is C19H17ClFN3O2S.